The Bertz CT molecular complexity index is 1060. The van der Waals surface area contributed by atoms with Crippen LogP contribution in [0.2, 0.25) is 0 Å². The first-order chi connectivity index (χ1) is 13.1. The lowest BCUT2D eigenvalue weighted by Gasteiger charge is -2.11. The number of fused-ring (bicyclic) bond motifs is 1. The molecule has 3 rings (SSSR count). The molecular formula is C25H23NO. The van der Waals surface area contributed by atoms with E-state index in [1.165, 1.54) is 5.39 Å². The molecule has 0 spiro atoms. The van der Waals surface area contributed by atoms with E-state index in [4.69, 9.17) is 10.1 Å². The zero-order chi connectivity index (χ0) is 19.2. The summed E-state index contributed by atoms with van der Waals surface area (Å²) in [4.78, 5) is 0. The van der Waals surface area contributed by atoms with Crippen molar-refractivity contribution in [1.29, 1.82) is 5.41 Å². The van der Waals surface area contributed by atoms with Crippen LogP contribution >= 0.6 is 0 Å². The van der Waals surface area contributed by atoms with E-state index in [2.05, 4.69) is 36.6 Å². The van der Waals surface area contributed by atoms with Crippen LogP contribution in [-0.4, -0.2) is 12.3 Å². The van der Waals surface area contributed by atoms with Crippen molar-refractivity contribution in [2.24, 2.45) is 0 Å². The summed E-state index contributed by atoms with van der Waals surface area (Å²) in [5.74, 6) is 6.54. The minimum absolute atomic E-state index is 0.429. The molecule has 0 aromatic heterocycles. The predicted octanol–water partition coefficient (Wildman–Crippen LogP) is 5.72. The van der Waals surface area contributed by atoms with Gasteiger partial charge >= 0.3 is 0 Å². The number of rotatable bonds is 5. The summed E-state index contributed by atoms with van der Waals surface area (Å²) in [6.07, 6.45) is 0. The Morgan fingerprint density at radius 3 is 2.59 bits per heavy atom. The molecule has 0 heterocycles. The van der Waals surface area contributed by atoms with Gasteiger partial charge in [-0.2, -0.15) is 0 Å². The second-order valence-corrected chi connectivity index (χ2v) is 6.44. The topological polar surface area (TPSA) is 33.1 Å². The molecular weight excluding hydrogens is 330 g/mol. The third kappa shape index (κ3) is 4.34. The van der Waals surface area contributed by atoms with Crippen LogP contribution in [0.1, 0.15) is 36.1 Å². The molecule has 3 aromatic rings. The number of hydrogen-bond donors (Lipinski definition) is 1. The quantitative estimate of drug-likeness (QED) is 0.462. The molecule has 0 saturated carbocycles. The van der Waals surface area contributed by atoms with Gasteiger partial charge in [-0.3, -0.25) is 0 Å². The van der Waals surface area contributed by atoms with Crippen molar-refractivity contribution in [2.75, 3.05) is 6.61 Å². The minimum Gasteiger partial charge on any atom is -0.377 e. The normalized spacial score (nSPS) is 10.3. The third-order valence-corrected chi connectivity index (χ3v) is 4.40. The predicted molar refractivity (Wildman–Crippen MR) is 113 cm³/mol. The maximum absolute atomic E-state index is 8.36. The summed E-state index contributed by atoms with van der Waals surface area (Å²) in [6.45, 7) is 8.85. The maximum atomic E-state index is 8.36. The first-order valence-corrected chi connectivity index (χ1v) is 9.05. The zero-order valence-electron chi connectivity index (χ0n) is 15.8. The number of benzene rings is 3. The molecule has 0 aliphatic carbocycles. The lowest BCUT2D eigenvalue weighted by atomic mass is 9.97. The Morgan fingerprint density at radius 2 is 1.81 bits per heavy atom. The SMILES string of the molecule is C=C(C)C(=N)c1cc(C#Cc2cccc3ccccc23)ccc1COCC. The van der Waals surface area contributed by atoms with Crippen molar-refractivity contribution in [3.8, 4) is 11.8 Å². The van der Waals surface area contributed by atoms with Crippen LogP contribution in [0.4, 0.5) is 0 Å². The van der Waals surface area contributed by atoms with Crippen LogP contribution in [0, 0.1) is 17.3 Å². The number of hydrogen-bond acceptors (Lipinski definition) is 2. The van der Waals surface area contributed by atoms with Gasteiger partial charge in [0.05, 0.1) is 12.3 Å². The highest BCUT2D eigenvalue weighted by Gasteiger charge is 2.10. The first-order valence-electron chi connectivity index (χ1n) is 9.05. The van der Waals surface area contributed by atoms with Crippen molar-refractivity contribution in [3.63, 3.8) is 0 Å². The summed E-state index contributed by atoms with van der Waals surface area (Å²) >= 11 is 0. The smallest absolute Gasteiger partial charge is 0.0723 e. The summed E-state index contributed by atoms with van der Waals surface area (Å²) in [6, 6.07) is 20.3. The average molecular weight is 353 g/mol. The fourth-order valence-electron chi connectivity index (χ4n) is 2.93. The van der Waals surface area contributed by atoms with Gasteiger partial charge in [0.25, 0.3) is 0 Å². The molecule has 2 heteroatoms. The van der Waals surface area contributed by atoms with Gasteiger partial charge in [-0.25, -0.2) is 0 Å². The minimum atomic E-state index is 0.429. The first kappa shape index (κ1) is 18.6. The van der Waals surface area contributed by atoms with Gasteiger partial charge in [0.15, 0.2) is 0 Å². The molecule has 2 nitrogen and oxygen atoms in total. The van der Waals surface area contributed by atoms with E-state index in [0.29, 0.717) is 18.9 Å². The molecule has 0 unspecified atom stereocenters. The number of allylic oxidation sites excluding steroid dienone is 1. The monoisotopic (exact) mass is 353 g/mol. The standard InChI is InChI=1S/C25H23NO/c1-4-27-17-22-15-13-19(16-24(22)25(26)18(2)3)12-14-21-10-7-9-20-8-5-6-11-23(20)21/h5-11,13,15-16,26H,2,4,17H2,1,3H3. The van der Waals surface area contributed by atoms with E-state index in [1.807, 2.05) is 56.3 Å². The van der Waals surface area contributed by atoms with Crippen molar-refractivity contribution in [1.82, 2.24) is 0 Å². The average Bonchev–Trinajstić information content (AvgIpc) is 2.70. The van der Waals surface area contributed by atoms with Crippen LogP contribution in [0.25, 0.3) is 10.8 Å². The molecule has 27 heavy (non-hydrogen) atoms. The lowest BCUT2D eigenvalue weighted by molar-refractivity contribution is 0.134. The van der Waals surface area contributed by atoms with Gasteiger partial charge in [-0.15, -0.1) is 0 Å². The fraction of sp³-hybridized carbons (Fsp3) is 0.160. The van der Waals surface area contributed by atoms with Crippen LogP contribution in [0.3, 0.4) is 0 Å². The van der Waals surface area contributed by atoms with E-state index in [-0.39, 0.29) is 0 Å². The summed E-state index contributed by atoms with van der Waals surface area (Å²) in [7, 11) is 0. The van der Waals surface area contributed by atoms with Gasteiger partial charge in [0.2, 0.25) is 0 Å². The maximum Gasteiger partial charge on any atom is 0.0723 e. The third-order valence-electron chi connectivity index (χ3n) is 4.40. The second-order valence-electron chi connectivity index (χ2n) is 6.44. The lowest BCUT2D eigenvalue weighted by Crippen LogP contribution is -2.06. The largest absolute Gasteiger partial charge is 0.377 e. The highest BCUT2D eigenvalue weighted by molar-refractivity contribution is 6.10. The van der Waals surface area contributed by atoms with E-state index in [1.54, 1.807) is 0 Å². The molecule has 0 radical (unpaired) electrons. The molecule has 0 atom stereocenters. The summed E-state index contributed by atoms with van der Waals surface area (Å²) in [5, 5.41) is 10.7. The summed E-state index contributed by atoms with van der Waals surface area (Å²) in [5.41, 5.74) is 4.86. The molecule has 0 amide bonds. The van der Waals surface area contributed by atoms with E-state index < -0.39 is 0 Å². The van der Waals surface area contributed by atoms with E-state index in [0.717, 1.165) is 33.2 Å². The van der Waals surface area contributed by atoms with E-state index in [9.17, 15) is 0 Å². The number of nitrogens with one attached hydrogen (secondary N) is 1. The molecule has 0 fully saturated rings. The van der Waals surface area contributed by atoms with Crippen molar-refractivity contribution >= 4 is 16.5 Å². The Kier molecular flexibility index (Phi) is 5.86. The molecule has 1 N–H and O–H groups in total. The Hall–Kier alpha value is -3.15. The molecule has 0 aliphatic heterocycles. The van der Waals surface area contributed by atoms with Crippen LogP contribution < -0.4 is 0 Å². The Morgan fingerprint density at radius 1 is 1.04 bits per heavy atom. The highest BCUT2D eigenvalue weighted by Crippen LogP contribution is 2.19. The highest BCUT2D eigenvalue weighted by atomic mass is 16.5. The van der Waals surface area contributed by atoms with Gasteiger partial charge in [0.1, 0.15) is 0 Å². The molecule has 134 valence electrons. The summed E-state index contributed by atoms with van der Waals surface area (Å²) < 4.78 is 5.55. The van der Waals surface area contributed by atoms with Crippen molar-refractivity contribution in [2.45, 2.75) is 20.5 Å². The molecule has 0 bridgehead atoms. The number of ether oxygens (including phenoxy) is 1. The van der Waals surface area contributed by atoms with Crippen LogP contribution in [-0.2, 0) is 11.3 Å². The van der Waals surface area contributed by atoms with Gasteiger partial charge in [0, 0.05) is 23.3 Å². The molecule has 0 aliphatic rings. The fourth-order valence-corrected chi connectivity index (χ4v) is 2.93. The molecule has 3 aromatic carbocycles. The van der Waals surface area contributed by atoms with Gasteiger partial charge < -0.3 is 10.1 Å². The van der Waals surface area contributed by atoms with E-state index >= 15 is 0 Å². The van der Waals surface area contributed by atoms with Gasteiger partial charge in [-0.1, -0.05) is 60.9 Å². The second kappa shape index (κ2) is 8.49. The zero-order valence-corrected chi connectivity index (χ0v) is 15.8. The molecule has 0 saturated heterocycles. The Balaban J connectivity index is 2.00. The Labute approximate surface area is 161 Å². The van der Waals surface area contributed by atoms with Crippen LogP contribution in [0.5, 0.6) is 0 Å². The van der Waals surface area contributed by atoms with Gasteiger partial charge in [-0.05, 0) is 54.0 Å². The van der Waals surface area contributed by atoms with Crippen LogP contribution in [0.15, 0.2) is 72.8 Å². The van der Waals surface area contributed by atoms with Crippen molar-refractivity contribution in [3.05, 3.63) is 95.1 Å². The van der Waals surface area contributed by atoms with Crippen molar-refractivity contribution < 1.29 is 4.74 Å².